The van der Waals surface area contributed by atoms with Crippen molar-refractivity contribution in [3.8, 4) is 22.8 Å². The second-order valence-corrected chi connectivity index (χ2v) is 14.6. The zero-order valence-corrected chi connectivity index (χ0v) is 27.8. The number of ether oxygens (including phenoxy) is 2. The first kappa shape index (κ1) is 33.3. The quantitative estimate of drug-likeness (QED) is 0.151. The molecule has 0 saturated heterocycles. The van der Waals surface area contributed by atoms with Crippen LogP contribution in [-0.4, -0.2) is 57.6 Å². The number of nitrogens with two attached hydrogens (primary N) is 1. The number of primary amides is 1. The maximum Gasteiger partial charge on any atom is 0.424 e. The molecule has 16 heteroatoms. The summed E-state index contributed by atoms with van der Waals surface area (Å²) in [6.45, 7) is 0.00957. The number of nitrogens with zero attached hydrogens (tertiary/aromatic N) is 3. The van der Waals surface area contributed by atoms with E-state index in [4.69, 9.17) is 15.2 Å². The van der Waals surface area contributed by atoms with Crippen LogP contribution < -0.4 is 20.5 Å². The van der Waals surface area contributed by atoms with Crippen molar-refractivity contribution in [1.82, 2.24) is 20.1 Å². The average molecular weight is 728 g/mol. The van der Waals surface area contributed by atoms with Gasteiger partial charge in [0.25, 0.3) is 5.91 Å². The van der Waals surface area contributed by atoms with Crippen molar-refractivity contribution in [3.05, 3.63) is 70.6 Å². The van der Waals surface area contributed by atoms with Gasteiger partial charge in [-0.3, -0.25) is 9.59 Å². The standard InChI is InChI=1S/C35H30F5N5O5S/c1-32(31(41)47)16-50-28-22(32)11-25(43-27(28)21-14-51-29-20(21)3-2-4-23(29)36)34(48,35(38,39)40)15-42-30(46)18-9-19-12-45(33(37)7-8-33)44-26(19)24(10-18)49-13-17-5-6-17/h2-4,9-12,14,17,48H,5-8,13,15-16H2,1H3,(H2,41,47)(H,42,46)/t32-,34?/m0/s1. The molecule has 2 amide bonds. The van der Waals surface area contributed by atoms with Crippen molar-refractivity contribution in [2.75, 3.05) is 19.8 Å². The van der Waals surface area contributed by atoms with E-state index in [0.717, 1.165) is 34.9 Å². The Hall–Kier alpha value is -4.83. The van der Waals surface area contributed by atoms with Crippen LogP contribution in [-0.2, 0) is 21.6 Å². The van der Waals surface area contributed by atoms with Gasteiger partial charge in [0.05, 0.1) is 23.5 Å². The number of hydrogen-bond donors (Lipinski definition) is 3. The maximum absolute atomic E-state index is 15.0. The normalized spacial score (nSPS) is 20.5. The van der Waals surface area contributed by atoms with Gasteiger partial charge >= 0.3 is 6.18 Å². The van der Waals surface area contributed by atoms with Crippen molar-refractivity contribution >= 4 is 44.1 Å². The van der Waals surface area contributed by atoms with E-state index in [1.807, 2.05) is 0 Å². The van der Waals surface area contributed by atoms with Crippen LogP contribution in [0, 0.1) is 11.7 Å². The van der Waals surface area contributed by atoms with Crippen LogP contribution in [0.25, 0.3) is 32.2 Å². The van der Waals surface area contributed by atoms with Crippen molar-refractivity contribution in [2.45, 2.75) is 55.6 Å². The van der Waals surface area contributed by atoms with Crippen LogP contribution in [0.5, 0.6) is 11.5 Å². The highest BCUT2D eigenvalue weighted by molar-refractivity contribution is 7.17. The number of alkyl halides is 4. The van der Waals surface area contributed by atoms with Crippen LogP contribution in [0.4, 0.5) is 22.0 Å². The summed E-state index contributed by atoms with van der Waals surface area (Å²) in [6, 6.07) is 7.81. The number of thiophene rings is 1. The van der Waals surface area contributed by atoms with Gasteiger partial charge in [0.1, 0.15) is 40.5 Å². The fourth-order valence-corrected chi connectivity index (χ4v) is 7.17. The molecule has 10 nitrogen and oxygen atoms in total. The van der Waals surface area contributed by atoms with Gasteiger partial charge in [0, 0.05) is 51.9 Å². The zero-order chi connectivity index (χ0) is 36.1. The molecule has 3 aliphatic rings. The second-order valence-electron chi connectivity index (χ2n) is 13.7. The molecule has 2 aliphatic carbocycles. The lowest BCUT2D eigenvalue weighted by Gasteiger charge is -2.31. The fraction of sp³-hybridized carbons (Fsp3) is 0.371. The predicted octanol–water partition coefficient (Wildman–Crippen LogP) is 5.97. The number of rotatable bonds is 10. The molecule has 5 aromatic rings. The third kappa shape index (κ3) is 5.46. The number of pyridine rings is 1. The Morgan fingerprint density at radius 3 is 2.67 bits per heavy atom. The van der Waals surface area contributed by atoms with Crippen molar-refractivity contribution in [1.29, 1.82) is 0 Å². The highest BCUT2D eigenvalue weighted by Crippen LogP contribution is 2.50. The monoisotopic (exact) mass is 727 g/mol. The minimum Gasteiger partial charge on any atom is -0.491 e. The highest BCUT2D eigenvalue weighted by Gasteiger charge is 2.58. The molecule has 4 heterocycles. The predicted molar refractivity (Wildman–Crippen MR) is 176 cm³/mol. The van der Waals surface area contributed by atoms with Crippen LogP contribution in [0.2, 0.25) is 0 Å². The summed E-state index contributed by atoms with van der Waals surface area (Å²) in [5.74, 6) is -3.64. The number of aromatic nitrogens is 3. The summed E-state index contributed by atoms with van der Waals surface area (Å²) in [6.07, 6.45) is -1.53. The number of carbonyl (C=O) groups is 2. The molecule has 0 radical (unpaired) electrons. The topological polar surface area (TPSA) is 142 Å². The van der Waals surface area contributed by atoms with E-state index in [2.05, 4.69) is 15.4 Å². The summed E-state index contributed by atoms with van der Waals surface area (Å²) >= 11 is 0.993. The minimum absolute atomic E-state index is 0.0357. The highest BCUT2D eigenvalue weighted by atomic mass is 32.1. The molecule has 266 valence electrons. The number of fused-ring (bicyclic) bond motifs is 3. The smallest absolute Gasteiger partial charge is 0.424 e. The molecule has 2 aromatic carbocycles. The fourth-order valence-electron chi connectivity index (χ4n) is 6.21. The largest absolute Gasteiger partial charge is 0.491 e. The lowest BCUT2D eigenvalue weighted by molar-refractivity contribution is -0.265. The molecular formula is C35H30F5N5O5S. The molecule has 8 rings (SSSR count). The van der Waals surface area contributed by atoms with Gasteiger partial charge in [0.2, 0.25) is 17.3 Å². The van der Waals surface area contributed by atoms with Crippen LogP contribution >= 0.6 is 11.3 Å². The summed E-state index contributed by atoms with van der Waals surface area (Å²) < 4.78 is 87.7. The first-order valence-electron chi connectivity index (χ1n) is 16.2. The van der Waals surface area contributed by atoms with E-state index in [0.29, 0.717) is 28.8 Å². The summed E-state index contributed by atoms with van der Waals surface area (Å²) in [7, 11) is 0. The molecule has 1 unspecified atom stereocenters. The van der Waals surface area contributed by atoms with Crippen LogP contribution in [0.3, 0.4) is 0 Å². The van der Waals surface area contributed by atoms with Crippen LogP contribution in [0.1, 0.15) is 54.2 Å². The number of benzene rings is 2. The van der Waals surface area contributed by atoms with Crippen molar-refractivity contribution < 1.29 is 46.1 Å². The Balaban J connectivity index is 1.18. The number of carbonyl (C=O) groups excluding carboxylic acids is 2. The summed E-state index contributed by atoms with van der Waals surface area (Å²) in [4.78, 5) is 30.4. The Morgan fingerprint density at radius 1 is 1.22 bits per heavy atom. The summed E-state index contributed by atoms with van der Waals surface area (Å²) in [5.41, 5.74) is -0.468. The first-order valence-corrected chi connectivity index (χ1v) is 17.1. The molecule has 4 N–H and O–H groups in total. The first-order chi connectivity index (χ1) is 24.1. The van der Waals surface area contributed by atoms with E-state index in [9.17, 15) is 23.5 Å². The van der Waals surface area contributed by atoms with Gasteiger partial charge in [-0.15, -0.1) is 11.3 Å². The van der Waals surface area contributed by atoms with E-state index in [1.54, 1.807) is 6.07 Å². The Morgan fingerprint density at radius 2 is 1.98 bits per heavy atom. The molecule has 51 heavy (non-hydrogen) atoms. The zero-order valence-electron chi connectivity index (χ0n) is 26.9. The van der Waals surface area contributed by atoms with Gasteiger partial charge < -0.3 is 25.6 Å². The lowest BCUT2D eigenvalue weighted by Crippen LogP contribution is -2.51. The molecular weight excluding hydrogens is 697 g/mol. The van der Waals surface area contributed by atoms with Crippen molar-refractivity contribution in [3.63, 3.8) is 0 Å². The van der Waals surface area contributed by atoms with Gasteiger partial charge in [-0.25, -0.2) is 18.4 Å². The maximum atomic E-state index is 15.0. The van der Waals surface area contributed by atoms with E-state index in [-0.39, 0.29) is 58.0 Å². The second kappa shape index (κ2) is 11.3. The molecule has 2 saturated carbocycles. The van der Waals surface area contributed by atoms with Crippen LogP contribution in [0.15, 0.2) is 48.0 Å². The Bertz CT molecular complexity index is 2260. The van der Waals surface area contributed by atoms with Crippen molar-refractivity contribution in [2.24, 2.45) is 11.7 Å². The minimum atomic E-state index is -5.41. The molecule has 0 spiro atoms. The number of aliphatic hydroxyl groups is 1. The molecule has 2 atom stereocenters. The third-order valence-electron chi connectivity index (χ3n) is 9.90. The van der Waals surface area contributed by atoms with E-state index < -0.39 is 52.9 Å². The van der Waals surface area contributed by atoms with Gasteiger partial charge in [-0.05, 0) is 49.9 Å². The number of halogens is 5. The molecule has 3 aromatic heterocycles. The average Bonchev–Trinajstić information content (AvgIpc) is 3.92. The molecule has 2 fully saturated rings. The molecule has 1 aliphatic heterocycles. The summed E-state index contributed by atoms with van der Waals surface area (Å²) in [5, 5.41) is 20.2. The van der Waals surface area contributed by atoms with E-state index in [1.165, 1.54) is 42.8 Å². The molecule has 0 bridgehead atoms. The Labute approximate surface area is 290 Å². The van der Waals surface area contributed by atoms with Gasteiger partial charge in [0.15, 0.2) is 0 Å². The SMILES string of the molecule is C[C@]1(C(N)=O)COc2c1cc(C(O)(CNC(=O)c1cc(OCC3CC3)c3nn(C4(F)CC4)cc3c1)C(F)(F)F)nc2-c1csc2c(F)cccc12. The lowest BCUT2D eigenvalue weighted by atomic mass is 9.81. The Kier molecular flexibility index (Phi) is 7.41. The van der Waals surface area contributed by atoms with E-state index >= 15 is 13.2 Å². The van der Waals surface area contributed by atoms with Gasteiger partial charge in [-0.2, -0.15) is 18.3 Å². The van der Waals surface area contributed by atoms with Gasteiger partial charge in [-0.1, -0.05) is 12.1 Å². The third-order valence-corrected chi connectivity index (χ3v) is 10.9. The number of hydrogen-bond acceptors (Lipinski definition) is 8. The number of amides is 2. The number of nitrogens with one attached hydrogen (secondary N) is 1.